The molecule has 0 aliphatic rings. The molecule has 1 aromatic carbocycles. The fourth-order valence-corrected chi connectivity index (χ4v) is 3.43. The van der Waals surface area contributed by atoms with Crippen LogP contribution in [0.5, 0.6) is 0 Å². The van der Waals surface area contributed by atoms with Crippen molar-refractivity contribution in [2.24, 2.45) is 0 Å². The molecule has 0 spiro atoms. The maximum atomic E-state index is 12.1. The molecule has 0 amide bonds. The zero-order valence-corrected chi connectivity index (χ0v) is 11.5. The number of halogens is 1. The maximum absolute atomic E-state index is 12.1. The van der Waals surface area contributed by atoms with Gasteiger partial charge in [0.2, 0.25) is 0 Å². The Balaban J connectivity index is 2.34. The molecule has 1 aromatic heterocycles. The lowest BCUT2D eigenvalue weighted by Crippen LogP contribution is -2.12. The number of furan rings is 1. The predicted molar refractivity (Wildman–Crippen MR) is 69.6 cm³/mol. The summed E-state index contributed by atoms with van der Waals surface area (Å²) in [4.78, 5) is -0.0459. The van der Waals surface area contributed by atoms with Crippen molar-refractivity contribution in [1.29, 1.82) is 0 Å². The lowest BCUT2D eigenvalue weighted by atomic mass is 10.3. The highest BCUT2D eigenvalue weighted by Crippen LogP contribution is 2.27. The van der Waals surface area contributed by atoms with E-state index in [4.69, 9.17) is 9.52 Å². The van der Waals surface area contributed by atoms with Crippen molar-refractivity contribution in [3.63, 3.8) is 0 Å². The summed E-state index contributed by atoms with van der Waals surface area (Å²) in [6.07, 6.45) is 0. The Hall–Kier alpha value is -1.31. The third-order valence-electron chi connectivity index (χ3n) is 2.18. The molecule has 0 fully saturated rings. The number of benzene rings is 1. The van der Waals surface area contributed by atoms with Gasteiger partial charge in [-0.3, -0.25) is 4.72 Å². The van der Waals surface area contributed by atoms with Gasteiger partial charge in [0.05, 0.1) is 0 Å². The fraction of sp³-hybridized carbons (Fsp3) is 0.0909. The number of hydrogen-bond acceptors (Lipinski definition) is 4. The van der Waals surface area contributed by atoms with E-state index in [1.54, 1.807) is 30.3 Å². The van der Waals surface area contributed by atoms with Gasteiger partial charge in [0.1, 0.15) is 17.3 Å². The van der Waals surface area contributed by atoms with Crippen molar-refractivity contribution in [2.45, 2.75) is 11.5 Å². The van der Waals surface area contributed by atoms with E-state index in [1.807, 2.05) is 0 Å². The lowest BCUT2D eigenvalue weighted by Gasteiger charge is -2.05. The Morgan fingerprint density at radius 2 is 1.94 bits per heavy atom. The second kappa shape index (κ2) is 5.13. The lowest BCUT2D eigenvalue weighted by molar-refractivity contribution is 0.245. The Morgan fingerprint density at radius 1 is 1.28 bits per heavy atom. The Bertz CT molecular complexity index is 636. The standard InChI is InChI=1S/C11H10BrNO4S/c12-11-10(6-9(7-14)17-11)18(15,16)13-8-4-2-1-3-5-8/h1-6,13-14H,7H2. The predicted octanol–water partition coefficient (Wildman–Crippen LogP) is 2.34. The van der Waals surface area contributed by atoms with Gasteiger partial charge >= 0.3 is 0 Å². The molecule has 0 radical (unpaired) electrons. The number of sulfonamides is 1. The van der Waals surface area contributed by atoms with Crippen LogP contribution in [0, 0.1) is 0 Å². The van der Waals surface area contributed by atoms with E-state index in [0.717, 1.165) is 0 Å². The second-order valence-corrected chi connectivity index (χ2v) is 5.85. The summed E-state index contributed by atoms with van der Waals surface area (Å²) in [5.41, 5.74) is 0.455. The van der Waals surface area contributed by atoms with Crippen LogP contribution in [0.4, 0.5) is 5.69 Å². The van der Waals surface area contributed by atoms with Gasteiger partial charge in [0.25, 0.3) is 10.0 Å². The van der Waals surface area contributed by atoms with Crippen molar-refractivity contribution in [1.82, 2.24) is 0 Å². The van der Waals surface area contributed by atoms with Gasteiger partial charge in [0, 0.05) is 11.8 Å². The van der Waals surface area contributed by atoms with Crippen molar-refractivity contribution in [2.75, 3.05) is 4.72 Å². The van der Waals surface area contributed by atoms with Crippen LogP contribution in [-0.4, -0.2) is 13.5 Å². The van der Waals surface area contributed by atoms with Gasteiger partial charge < -0.3 is 9.52 Å². The molecular weight excluding hydrogens is 322 g/mol. The van der Waals surface area contributed by atoms with Crippen LogP contribution in [0.3, 0.4) is 0 Å². The molecule has 5 nitrogen and oxygen atoms in total. The molecule has 0 atom stereocenters. The van der Waals surface area contributed by atoms with Gasteiger partial charge in [-0.2, -0.15) is 0 Å². The SMILES string of the molecule is O=S(=O)(Nc1ccccc1)c1cc(CO)oc1Br. The average molecular weight is 332 g/mol. The first-order valence-electron chi connectivity index (χ1n) is 5.00. The Kier molecular flexibility index (Phi) is 3.74. The second-order valence-electron chi connectivity index (χ2n) is 3.48. The monoisotopic (exact) mass is 331 g/mol. The number of hydrogen-bond donors (Lipinski definition) is 2. The quantitative estimate of drug-likeness (QED) is 0.901. The minimum absolute atomic E-state index is 0.0459. The number of aliphatic hydroxyl groups excluding tert-OH is 1. The van der Waals surface area contributed by atoms with Crippen LogP contribution in [-0.2, 0) is 16.6 Å². The first-order chi connectivity index (χ1) is 8.53. The minimum Gasteiger partial charge on any atom is -0.450 e. The van der Waals surface area contributed by atoms with Crippen LogP contribution in [0.2, 0.25) is 0 Å². The molecule has 1 heterocycles. The molecule has 18 heavy (non-hydrogen) atoms. The molecule has 0 saturated heterocycles. The van der Waals surface area contributed by atoms with E-state index in [-0.39, 0.29) is 21.9 Å². The van der Waals surface area contributed by atoms with E-state index in [2.05, 4.69) is 20.7 Å². The molecule has 96 valence electrons. The third-order valence-corrected chi connectivity index (χ3v) is 4.42. The third kappa shape index (κ3) is 2.74. The Morgan fingerprint density at radius 3 is 2.50 bits per heavy atom. The smallest absolute Gasteiger partial charge is 0.266 e. The molecule has 2 N–H and O–H groups in total. The van der Waals surface area contributed by atoms with Crippen molar-refractivity contribution >= 4 is 31.6 Å². The minimum atomic E-state index is -3.74. The average Bonchev–Trinajstić information content (AvgIpc) is 2.72. The largest absolute Gasteiger partial charge is 0.450 e. The molecule has 0 saturated carbocycles. The topological polar surface area (TPSA) is 79.5 Å². The maximum Gasteiger partial charge on any atom is 0.266 e. The number of rotatable bonds is 4. The van der Waals surface area contributed by atoms with E-state index in [0.29, 0.717) is 5.69 Å². The molecule has 0 aliphatic carbocycles. The summed E-state index contributed by atoms with van der Waals surface area (Å²) in [6, 6.07) is 9.78. The Labute approximate surface area is 113 Å². The summed E-state index contributed by atoms with van der Waals surface area (Å²) in [6.45, 7) is -0.362. The van der Waals surface area contributed by atoms with Gasteiger partial charge in [0.15, 0.2) is 4.67 Å². The number of para-hydroxylation sites is 1. The van der Waals surface area contributed by atoms with Gasteiger partial charge in [-0.05, 0) is 28.1 Å². The van der Waals surface area contributed by atoms with Crippen LogP contribution < -0.4 is 4.72 Å². The highest BCUT2D eigenvalue weighted by atomic mass is 79.9. The van der Waals surface area contributed by atoms with E-state index in [1.165, 1.54) is 6.07 Å². The van der Waals surface area contributed by atoms with Crippen LogP contribution in [0.1, 0.15) is 5.76 Å². The van der Waals surface area contributed by atoms with E-state index >= 15 is 0 Å². The molecule has 0 unspecified atom stereocenters. The molecular formula is C11H10BrNO4S. The normalized spacial score (nSPS) is 11.4. The van der Waals surface area contributed by atoms with Gasteiger partial charge in [-0.25, -0.2) is 8.42 Å². The molecule has 2 aromatic rings. The zero-order chi connectivity index (χ0) is 13.2. The van der Waals surface area contributed by atoms with Crippen molar-refractivity contribution in [3.05, 3.63) is 46.8 Å². The van der Waals surface area contributed by atoms with Crippen molar-refractivity contribution in [3.8, 4) is 0 Å². The first kappa shape index (κ1) is 13.1. The number of anilines is 1. The zero-order valence-electron chi connectivity index (χ0n) is 9.13. The fourth-order valence-electron chi connectivity index (χ4n) is 1.38. The molecule has 0 aliphatic heterocycles. The summed E-state index contributed by atoms with van der Waals surface area (Å²) in [5.74, 6) is 0.176. The summed E-state index contributed by atoms with van der Waals surface area (Å²) < 4.78 is 31.7. The van der Waals surface area contributed by atoms with Gasteiger partial charge in [-0.15, -0.1) is 0 Å². The van der Waals surface area contributed by atoms with Gasteiger partial charge in [-0.1, -0.05) is 18.2 Å². The van der Waals surface area contributed by atoms with E-state index in [9.17, 15) is 8.42 Å². The summed E-state index contributed by atoms with van der Waals surface area (Å²) in [7, 11) is -3.74. The highest BCUT2D eigenvalue weighted by molar-refractivity contribution is 9.10. The molecule has 0 bridgehead atoms. The van der Waals surface area contributed by atoms with E-state index < -0.39 is 10.0 Å². The van der Waals surface area contributed by atoms with Crippen LogP contribution in [0.25, 0.3) is 0 Å². The molecule has 2 rings (SSSR count). The van der Waals surface area contributed by atoms with Crippen LogP contribution >= 0.6 is 15.9 Å². The van der Waals surface area contributed by atoms with Crippen LogP contribution in [0.15, 0.2) is 50.4 Å². The number of nitrogens with one attached hydrogen (secondary N) is 1. The number of aliphatic hydroxyl groups is 1. The molecule has 7 heteroatoms. The van der Waals surface area contributed by atoms with Crippen molar-refractivity contribution < 1.29 is 17.9 Å². The highest BCUT2D eigenvalue weighted by Gasteiger charge is 2.22. The summed E-state index contributed by atoms with van der Waals surface area (Å²) >= 11 is 3.01. The first-order valence-corrected chi connectivity index (χ1v) is 7.27. The summed E-state index contributed by atoms with van der Waals surface area (Å²) in [5, 5.41) is 8.90.